The van der Waals surface area contributed by atoms with Gasteiger partial charge in [-0.3, -0.25) is 15.0 Å². The van der Waals surface area contributed by atoms with Crippen molar-refractivity contribution in [3.63, 3.8) is 0 Å². The molecule has 7 nitrogen and oxygen atoms in total. The second-order valence-electron chi connectivity index (χ2n) is 7.08. The second-order valence-corrected chi connectivity index (χ2v) is 7.08. The fourth-order valence-corrected chi connectivity index (χ4v) is 3.29. The summed E-state index contributed by atoms with van der Waals surface area (Å²) in [5, 5.41) is 5.36. The molecule has 1 aromatic carbocycles. The zero-order chi connectivity index (χ0) is 19.8. The van der Waals surface area contributed by atoms with E-state index in [1.165, 1.54) is 6.42 Å². The number of carbonyl (C=O) groups is 2. The Labute approximate surface area is 161 Å². The monoisotopic (exact) mass is 377 g/mol. The molecule has 0 unspecified atom stereocenters. The number of imide groups is 1. The third-order valence-corrected chi connectivity index (χ3v) is 5.10. The lowest BCUT2D eigenvalue weighted by atomic mass is 9.96. The Morgan fingerprint density at radius 2 is 1.81 bits per heavy atom. The third kappa shape index (κ3) is 6.13. The fraction of sp³-hybridized carbons (Fsp3) is 0.600. The first-order valence-electron chi connectivity index (χ1n) is 9.47. The van der Waals surface area contributed by atoms with E-state index in [4.69, 9.17) is 9.47 Å². The smallest absolute Gasteiger partial charge is 0.321 e. The van der Waals surface area contributed by atoms with Gasteiger partial charge in [0.05, 0.1) is 20.3 Å². The first-order chi connectivity index (χ1) is 12.9. The minimum Gasteiger partial charge on any atom is -0.493 e. The number of ether oxygens (including phenoxy) is 2. The molecule has 150 valence electrons. The average Bonchev–Trinajstić information content (AvgIpc) is 2.67. The van der Waals surface area contributed by atoms with Gasteiger partial charge >= 0.3 is 6.03 Å². The number of likely N-dealkylation sites (N-methyl/N-ethyl adjacent to an activating group) is 1. The number of nitrogens with one attached hydrogen (secondary N) is 2. The molecule has 0 spiro atoms. The predicted molar refractivity (Wildman–Crippen MR) is 104 cm³/mol. The van der Waals surface area contributed by atoms with Crippen molar-refractivity contribution in [3.8, 4) is 11.5 Å². The summed E-state index contributed by atoms with van der Waals surface area (Å²) >= 11 is 0. The summed E-state index contributed by atoms with van der Waals surface area (Å²) in [4.78, 5) is 26.3. The number of benzene rings is 1. The Morgan fingerprint density at radius 1 is 1.15 bits per heavy atom. The number of carbonyl (C=O) groups excluding carboxylic acids is 2. The Bertz CT molecular complexity index is 644. The van der Waals surface area contributed by atoms with E-state index in [0.29, 0.717) is 18.0 Å². The van der Waals surface area contributed by atoms with Crippen molar-refractivity contribution in [3.05, 3.63) is 23.8 Å². The van der Waals surface area contributed by atoms with Crippen molar-refractivity contribution < 1.29 is 19.1 Å². The summed E-state index contributed by atoms with van der Waals surface area (Å²) in [5.41, 5.74) is 0.987. The molecule has 1 atom stereocenters. The van der Waals surface area contributed by atoms with Crippen LogP contribution in [0.4, 0.5) is 4.79 Å². The van der Waals surface area contributed by atoms with E-state index in [9.17, 15) is 9.59 Å². The zero-order valence-corrected chi connectivity index (χ0v) is 16.7. The van der Waals surface area contributed by atoms with E-state index in [0.717, 1.165) is 31.2 Å². The minimum absolute atomic E-state index is 0.173. The van der Waals surface area contributed by atoms with E-state index in [1.807, 2.05) is 30.1 Å². The number of hydrogen-bond donors (Lipinski definition) is 2. The Balaban J connectivity index is 1.86. The maximum atomic E-state index is 12.4. The largest absolute Gasteiger partial charge is 0.493 e. The first-order valence-corrected chi connectivity index (χ1v) is 9.47. The molecule has 1 fully saturated rings. The minimum atomic E-state index is -0.449. The highest BCUT2D eigenvalue weighted by Crippen LogP contribution is 2.28. The van der Waals surface area contributed by atoms with Crippen LogP contribution in [0.15, 0.2) is 18.2 Å². The Kier molecular flexibility index (Phi) is 7.91. The van der Waals surface area contributed by atoms with Crippen LogP contribution in [0.5, 0.6) is 11.5 Å². The number of urea groups is 1. The number of hydrogen-bond acceptors (Lipinski definition) is 5. The van der Waals surface area contributed by atoms with E-state index < -0.39 is 12.1 Å². The van der Waals surface area contributed by atoms with E-state index in [1.54, 1.807) is 21.1 Å². The van der Waals surface area contributed by atoms with Crippen molar-refractivity contribution >= 4 is 11.9 Å². The fourth-order valence-electron chi connectivity index (χ4n) is 3.29. The molecule has 0 radical (unpaired) electrons. The van der Waals surface area contributed by atoms with Gasteiger partial charge in [-0.1, -0.05) is 25.3 Å². The number of nitrogens with zero attached hydrogens (tertiary/aromatic N) is 1. The third-order valence-electron chi connectivity index (χ3n) is 5.10. The summed E-state index contributed by atoms with van der Waals surface area (Å²) in [6, 6.07) is 4.97. The van der Waals surface area contributed by atoms with Gasteiger partial charge in [0.15, 0.2) is 11.5 Å². The maximum Gasteiger partial charge on any atom is 0.321 e. The van der Waals surface area contributed by atoms with Crippen LogP contribution in [-0.4, -0.2) is 50.2 Å². The molecule has 1 aromatic rings. The highest BCUT2D eigenvalue weighted by molar-refractivity contribution is 5.96. The van der Waals surface area contributed by atoms with Gasteiger partial charge in [0.25, 0.3) is 0 Å². The van der Waals surface area contributed by atoms with Gasteiger partial charge in [-0.2, -0.15) is 0 Å². The molecule has 3 amide bonds. The van der Waals surface area contributed by atoms with Gasteiger partial charge in [-0.25, -0.2) is 4.79 Å². The summed E-state index contributed by atoms with van der Waals surface area (Å²) in [5.74, 6) is 0.993. The molecule has 0 saturated heterocycles. The molecule has 1 aliphatic rings. The number of rotatable bonds is 7. The van der Waals surface area contributed by atoms with Crippen LogP contribution in [0.3, 0.4) is 0 Å². The summed E-state index contributed by atoms with van der Waals surface area (Å²) < 4.78 is 10.6. The molecule has 0 bridgehead atoms. The van der Waals surface area contributed by atoms with Crippen molar-refractivity contribution in [1.82, 2.24) is 15.5 Å². The van der Waals surface area contributed by atoms with Crippen molar-refractivity contribution in [2.75, 3.05) is 21.3 Å². The van der Waals surface area contributed by atoms with Gasteiger partial charge in [-0.05, 0) is 44.5 Å². The molecule has 0 aromatic heterocycles. The molecule has 27 heavy (non-hydrogen) atoms. The topological polar surface area (TPSA) is 79.9 Å². The van der Waals surface area contributed by atoms with Gasteiger partial charge < -0.3 is 14.8 Å². The highest BCUT2D eigenvalue weighted by atomic mass is 16.5. The average molecular weight is 377 g/mol. The van der Waals surface area contributed by atoms with E-state index in [2.05, 4.69) is 10.6 Å². The van der Waals surface area contributed by atoms with Crippen LogP contribution >= 0.6 is 0 Å². The van der Waals surface area contributed by atoms with E-state index >= 15 is 0 Å². The second kappa shape index (κ2) is 10.2. The molecule has 2 rings (SSSR count). The van der Waals surface area contributed by atoms with Gasteiger partial charge in [0, 0.05) is 12.6 Å². The van der Waals surface area contributed by atoms with E-state index in [-0.39, 0.29) is 11.9 Å². The normalized spacial score (nSPS) is 15.9. The quantitative estimate of drug-likeness (QED) is 0.764. The molecule has 2 N–H and O–H groups in total. The SMILES string of the molecule is COc1ccc(CN(C)[C@H](C)C(=O)NC(=O)NC2CCCCC2)cc1OC. The van der Waals surface area contributed by atoms with Gasteiger partial charge in [0.1, 0.15) is 0 Å². The van der Waals surface area contributed by atoms with Crippen molar-refractivity contribution in [2.45, 2.75) is 57.7 Å². The Hall–Kier alpha value is -2.28. The summed E-state index contributed by atoms with van der Waals surface area (Å²) in [7, 11) is 5.03. The molecule has 1 saturated carbocycles. The van der Waals surface area contributed by atoms with Crippen LogP contribution in [0.1, 0.15) is 44.6 Å². The van der Waals surface area contributed by atoms with Crippen LogP contribution in [-0.2, 0) is 11.3 Å². The van der Waals surface area contributed by atoms with Crippen molar-refractivity contribution in [1.29, 1.82) is 0 Å². The molecule has 1 aliphatic carbocycles. The first kappa shape index (κ1) is 21.0. The van der Waals surface area contributed by atoms with Crippen LogP contribution in [0.2, 0.25) is 0 Å². The van der Waals surface area contributed by atoms with Crippen LogP contribution in [0, 0.1) is 0 Å². The molecule has 7 heteroatoms. The van der Waals surface area contributed by atoms with Gasteiger partial charge in [0.2, 0.25) is 5.91 Å². The van der Waals surface area contributed by atoms with Gasteiger partial charge in [-0.15, -0.1) is 0 Å². The molecule has 0 aliphatic heterocycles. The standard InChI is InChI=1S/C20H31N3O4/c1-14(19(24)22-20(25)21-16-8-6-5-7-9-16)23(2)13-15-10-11-17(26-3)18(12-15)27-4/h10-12,14,16H,5-9,13H2,1-4H3,(H2,21,22,24,25)/t14-/m1/s1. The lowest BCUT2D eigenvalue weighted by molar-refractivity contribution is -0.124. The molecular weight excluding hydrogens is 346 g/mol. The number of methoxy groups -OCH3 is 2. The van der Waals surface area contributed by atoms with Crippen molar-refractivity contribution in [2.24, 2.45) is 0 Å². The highest BCUT2D eigenvalue weighted by Gasteiger charge is 2.22. The van der Waals surface area contributed by atoms with Crippen LogP contribution in [0.25, 0.3) is 0 Å². The predicted octanol–water partition coefficient (Wildman–Crippen LogP) is 2.68. The maximum absolute atomic E-state index is 12.4. The lowest BCUT2D eigenvalue weighted by Crippen LogP contribution is -2.50. The summed E-state index contributed by atoms with van der Waals surface area (Å²) in [6.07, 6.45) is 5.44. The lowest BCUT2D eigenvalue weighted by Gasteiger charge is -2.25. The van der Waals surface area contributed by atoms with Crippen LogP contribution < -0.4 is 20.1 Å². The Morgan fingerprint density at radius 3 is 2.44 bits per heavy atom. The molecular formula is C20H31N3O4. The molecule has 0 heterocycles. The zero-order valence-electron chi connectivity index (χ0n) is 16.7. The summed E-state index contributed by atoms with van der Waals surface area (Å²) in [6.45, 7) is 2.32. The number of amides is 3.